The second-order valence-electron chi connectivity index (χ2n) is 2.01. The largest absolute Gasteiger partial charge is 0.368 e. The molecule has 0 aromatic rings. The van der Waals surface area contributed by atoms with Gasteiger partial charge < -0.3 is 11.1 Å². The van der Waals surface area contributed by atoms with E-state index in [-0.39, 0.29) is 6.61 Å². The molecule has 0 radical (unpaired) electrons. The molecule has 1 rings (SSSR count). The number of nitrogens with one attached hydrogen (secondary N) is 2. The molecule has 11 heavy (non-hydrogen) atoms. The first kappa shape index (κ1) is 7.80. The van der Waals surface area contributed by atoms with E-state index in [1.54, 1.807) is 0 Å². The van der Waals surface area contributed by atoms with E-state index in [0.717, 1.165) is 13.1 Å². The first-order valence-electron chi connectivity index (χ1n) is 3.23. The van der Waals surface area contributed by atoms with Gasteiger partial charge in [-0.05, 0) is 0 Å². The van der Waals surface area contributed by atoms with Crippen LogP contribution in [0, 0.1) is 0 Å². The van der Waals surface area contributed by atoms with Crippen LogP contribution in [0.3, 0.4) is 0 Å². The van der Waals surface area contributed by atoms with E-state index in [4.69, 9.17) is 5.73 Å². The number of nitrogens with two attached hydrogens (primary N) is 1. The van der Waals surface area contributed by atoms with Crippen molar-refractivity contribution in [2.24, 2.45) is 10.7 Å². The molecular weight excluding hydrogens is 148 g/mol. The number of hydrogen-bond donors (Lipinski definition) is 3. The van der Waals surface area contributed by atoms with Gasteiger partial charge in [-0.25, -0.2) is 10.5 Å². The summed E-state index contributed by atoms with van der Waals surface area (Å²) in [5.41, 5.74) is 7.26. The summed E-state index contributed by atoms with van der Waals surface area (Å²) in [6, 6.07) is 0. The lowest BCUT2D eigenvalue weighted by molar-refractivity contribution is -0.123. The summed E-state index contributed by atoms with van der Waals surface area (Å²) in [5.74, 6) is 0.0300. The number of nitrogens with zero attached hydrogens (tertiary/aromatic N) is 1. The van der Waals surface area contributed by atoms with Gasteiger partial charge in [0.25, 0.3) is 0 Å². The normalized spacial score (nSPS) is 15.5. The highest BCUT2D eigenvalue weighted by atomic mass is 16.6. The van der Waals surface area contributed by atoms with Crippen LogP contribution in [0.2, 0.25) is 0 Å². The molecular formula is C5H10N4O2. The van der Waals surface area contributed by atoms with E-state index in [0.29, 0.717) is 5.96 Å². The molecule has 0 saturated heterocycles. The molecule has 1 amide bonds. The topological polar surface area (TPSA) is 88.7 Å². The quantitative estimate of drug-likeness (QED) is 0.412. The van der Waals surface area contributed by atoms with Crippen LogP contribution in [-0.2, 0) is 9.63 Å². The van der Waals surface area contributed by atoms with Gasteiger partial charge >= 0.3 is 0 Å². The van der Waals surface area contributed by atoms with Crippen LogP contribution in [0.4, 0.5) is 0 Å². The van der Waals surface area contributed by atoms with Crippen LogP contribution in [0.25, 0.3) is 0 Å². The molecule has 62 valence electrons. The van der Waals surface area contributed by atoms with Gasteiger partial charge in [-0.15, -0.1) is 0 Å². The average molecular weight is 158 g/mol. The molecule has 6 heteroatoms. The van der Waals surface area contributed by atoms with E-state index < -0.39 is 5.91 Å². The minimum absolute atomic E-state index is 0.152. The number of amides is 1. The highest BCUT2D eigenvalue weighted by Crippen LogP contribution is 1.80. The molecule has 1 aliphatic rings. The van der Waals surface area contributed by atoms with E-state index >= 15 is 0 Å². The molecule has 0 aromatic carbocycles. The molecule has 6 nitrogen and oxygen atoms in total. The van der Waals surface area contributed by atoms with E-state index in [9.17, 15) is 4.79 Å². The summed E-state index contributed by atoms with van der Waals surface area (Å²) < 4.78 is 0. The Balaban J connectivity index is 2.07. The third kappa shape index (κ3) is 2.85. The van der Waals surface area contributed by atoms with Gasteiger partial charge in [0.15, 0.2) is 6.61 Å². The maximum Gasteiger partial charge on any atom is 0.246 e. The molecule has 0 bridgehead atoms. The fourth-order valence-corrected chi connectivity index (χ4v) is 0.642. The highest BCUT2D eigenvalue weighted by molar-refractivity contribution is 5.80. The fourth-order valence-electron chi connectivity index (χ4n) is 0.642. The lowest BCUT2D eigenvalue weighted by Gasteiger charge is -2.03. The third-order valence-corrected chi connectivity index (χ3v) is 1.06. The zero-order valence-electron chi connectivity index (χ0n) is 5.96. The molecule has 0 spiro atoms. The van der Waals surface area contributed by atoms with Crippen molar-refractivity contribution in [2.75, 3.05) is 19.7 Å². The number of aliphatic imine (C=N–C) groups is 1. The Kier molecular flexibility index (Phi) is 2.67. The smallest absolute Gasteiger partial charge is 0.246 e. The summed E-state index contributed by atoms with van der Waals surface area (Å²) in [7, 11) is 0. The summed E-state index contributed by atoms with van der Waals surface area (Å²) in [5, 5.41) is 2.89. The number of hydroxylamine groups is 1. The number of primary amides is 1. The molecule has 0 aliphatic carbocycles. The Morgan fingerprint density at radius 3 is 3.27 bits per heavy atom. The SMILES string of the molecule is NC(=O)CONC1=NCCN1. The van der Waals surface area contributed by atoms with Crippen molar-refractivity contribution in [3.8, 4) is 0 Å². The Hall–Kier alpha value is -1.30. The predicted octanol–water partition coefficient (Wildman–Crippen LogP) is -2.05. The Morgan fingerprint density at radius 2 is 2.73 bits per heavy atom. The Morgan fingerprint density at radius 1 is 1.91 bits per heavy atom. The maximum absolute atomic E-state index is 10.2. The number of guanidine groups is 1. The van der Waals surface area contributed by atoms with Crippen molar-refractivity contribution in [3.63, 3.8) is 0 Å². The van der Waals surface area contributed by atoms with Gasteiger partial charge in [-0.1, -0.05) is 0 Å². The summed E-state index contributed by atoms with van der Waals surface area (Å²) in [6.45, 7) is 1.37. The highest BCUT2D eigenvalue weighted by Gasteiger charge is 2.03. The van der Waals surface area contributed by atoms with Gasteiger partial charge in [0.1, 0.15) is 0 Å². The molecule has 4 N–H and O–H groups in total. The summed E-state index contributed by atoms with van der Waals surface area (Å²) in [4.78, 5) is 18.8. The zero-order valence-corrected chi connectivity index (χ0v) is 5.96. The second-order valence-corrected chi connectivity index (χ2v) is 2.01. The van der Waals surface area contributed by atoms with E-state index in [1.807, 2.05) is 0 Å². The lowest BCUT2D eigenvalue weighted by Crippen LogP contribution is -2.36. The molecule has 0 aromatic heterocycles. The number of hydrogen-bond acceptors (Lipinski definition) is 5. The standard InChI is InChI=1S/C5H10N4O2/c6-4(10)3-11-9-5-7-1-2-8-5/h1-3H2,(H2,6,10)(H2,7,8,9). The van der Waals surface area contributed by atoms with Gasteiger partial charge in [-0.2, -0.15) is 0 Å². The molecule has 0 unspecified atom stereocenters. The van der Waals surface area contributed by atoms with Crippen molar-refractivity contribution < 1.29 is 9.63 Å². The second kappa shape index (κ2) is 3.77. The molecule has 0 fully saturated rings. The van der Waals surface area contributed by atoms with Crippen molar-refractivity contribution in [3.05, 3.63) is 0 Å². The first-order valence-corrected chi connectivity index (χ1v) is 3.23. The molecule has 1 heterocycles. The number of carbonyl (C=O) groups is 1. The van der Waals surface area contributed by atoms with Gasteiger partial charge in [0, 0.05) is 6.54 Å². The monoisotopic (exact) mass is 158 g/mol. The molecule has 1 aliphatic heterocycles. The van der Waals surface area contributed by atoms with E-state index in [1.165, 1.54) is 0 Å². The molecule has 0 atom stereocenters. The van der Waals surface area contributed by atoms with Crippen molar-refractivity contribution >= 4 is 11.9 Å². The van der Waals surface area contributed by atoms with Crippen LogP contribution in [0.1, 0.15) is 0 Å². The maximum atomic E-state index is 10.2. The minimum atomic E-state index is -0.518. The number of rotatable bonds is 3. The third-order valence-electron chi connectivity index (χ3n) is 1.06. The van der Waals surface area contributed by atoms with Gasteiger partial charge in [0.05, 0.1) is 6.54 Å². The summed E-state index contributed by atoms with van der Waals surface area (Å²) >= 11 is 0. The average Bonchev–Trinajstić information content (AvgIpc) is 2.39. The van der Waals surface area contributed by atoms with Crippen LogP contribution in [-0.4, -0.2) is 31.6 Å². The van der Waals surface area contributed by atoms with Gasteiger partial charge in [0.2, 0.25) is 11.9 Å². The fraction of sp³-hybridized carbons (Fsp3) is 0.600. The van der Waals surface area contributed by atoms with Crippen molar-refractivity contribution in [1.29, 1.82) is 0 Å². The van der Waals surface area contributed by atoms with Crippen LogP contribution >= 0.6 is 0 Å². The zero-order chi connectivity index (χ0) is 8.10. The lowest BCUT2D eigenvalue weighted by atomic mass is 10.7. The van der Waals surface area contributed by atoms with Crippen LogP contribution in [0.15, 0.2) is 4.99 Å². The number of carbonyl (C=O) groups excluding carboxylic acids is 1. The van der Waals surface area contributed by atoms with Crippen molar-refractivity contribution in [2.45, 2.75) is 0 Å². The van der Waals surface area contributed by atoms with Crippen LogP contribution < -0.4 is 16.5 Å². The van der Waals surface area contributed by atoms with E-state index in [2.05, 4.69) is 20.6 Å². The first-order chi connectivity index (χ1) is 5.29. The Labute approximate surface area is 63.8 Å². The van der Waals surface area contributed by atoms with Gasteiger partial charge in [-0.3, -0.25) is 9.63 Å². The summed E-state index contributed by atoms with van der Waals surface area (Å²) in [6.07, 6.45) is 0. The predicted molar refractivity (Wildman–Crippen MR) is 38.6 cm³/mol. The van der Waals surface area contributed by atoms with Crippen LogP contribution in [0.5, 0.6) is 0 Å². The Bertz CT molecular complexity index is 179. The van der Waals surface area contributed by atoms with Crippen molar-refractivity contribution in [1.82, 2.24) is 10.8 Å². The minimum Gasteiger partial charge on any atom is -0.368 e. The molecule has 0 saturated carbocycles.